The number of esters is 1. The summed E-state index contributed by atoms with van der Waals surface area (Å²) >= 11 is 5.44. The van der Waals surface area contributed by atoms with E-state index in [4.69, 9.17) is 26.4 Å². The maximum atomic E-state index is 12.9. The number of carbonyl (C=O) groups excluding carboxylic acids is 2. The van der Waals surface area contributed by atoms with Crippen LogP contribution >= 0.6 is 12.2 Å². The molecule has 0 unspecified atom stereocenters. The van der Waals surface area contributed by atoms with Gasteiger partial charge >= 0.3 is 5.97 Å². The fraction of sp³-hybridized carbons (Fsp3) is 0.320. The Balaban J connectivity index is 1.71. The van der Waals surface area contributed by atoms with E-state index in [2.05, 4.69) is 10.6 Å². The van der Waals surface area contributed by atoms with E-state index < -0.39 is 12.0 Å². The fourth-order valence-electron chi connectivity index (χ4n) is 3.47. The number of ether oxygens (including phenoxy) is 3. The normalized spacial score (nSPS) is 15.7. The van der Waals surface area contributed by atoms with Gasteiger partial charge in [-0.1, -0.05) is 42.5 Å². The van der Waals surface area contributed by atoms with Crippen LogP contribution in [0.3, 0.4) is 0 Å². The SMILES string of the molecule is COCCOC(=O)C1=C(C)N(C)C(=S)N[C@H]1c1cccc(NC(=O)COCc2ccccc2)c1. The second kappa shape index (κ2) is 12.3. The third-order valence-corrected chi connectivity index (χ3v) is 5.73. The number of allylic oxidation sites excluding steroid dienone is 1. The Bertz CT molecular complexity index is 1060. The zero-order valence-corrected chi connectivity index (χ0v) is 20.3. The molecule has 3 rings (SSSR count). The van der Waals surface area contributed by atoms with Gasteiger partial charge in [0.25, 0.3) is 0 Å². The van der Waals surface area contributed by atoms with Crippen molar-refractivity contribution in [3.05, 3.63) is 77.0 Å². The van der Waals surface area contributed by atoms with Crippen LogP contribution < -0.4 is 10.6 Å². The highest BCUT2D eigenvalue weighted by atomic mass is 32.1. The lowest BCUT2D eigenvalue weighted by Crippen LogP contribution is -2.46. The third kappa shape index (κ3) is 6.63. The van der Waals surface area contributed by atoms with E-state index in [0.717, 1.165) is 11.1 Å². The van der Waals surface area contributed by atoms with E-state index in [1.165, 1.54) is 0 Å². The van der Waals surface area contributed by atoms with Crippen molar-refractivity contribution >= 4 is 34.9 Å². The van der Waals surface area contributed by atoms with Crippen LogP contribution in [0.5, 0.6) is 0 Å². The summed E-state index contributed by atoms with van der Waals surface area (Å²) in [7, 11) is 3.33. The molecule has 2 aromatic carbocycles. The number of nitrogens with zero attached hydrogens (tertiary/aromatic N) is 1. The quantitative estimate of drug-likeness (QED) is 0.303. The van der Waals surface area contributed by atoms with Crippen LogP contribution in [-0.4, -0.2) is 55.9 Å². The number of benzene rings is 2. The highest BCUT2D eigenvalue weighted by Crippen LogP contribution is 2.31. The van der Waals surface area contributed by atoms with Gasteiger partial charge in [-0.3, -0.25) is 4.79 Å². The molecular weight excluding hydrogens is 454 g/mol. The Labute approximate surface area is 204 Å². The van der Waals surface area contributed by atoms with E-state index in [-0.39, 0.29) is 19.1 Å². The number of amides is 1. The first-order chi connectivity index (χ1) is 16.4. The number of anilines is 1. The van der Waals surface area contributed by atoms with Gasteiger partial charge in [0.15, 0.2) is 5.11 Å². The van der Waals surface area contributed by atoms with Gasteiger partial charge in [-0.25, -0.2) is 4.79 Å². The Kier molecular flexibility index (Phi) is 9.15. The number of hydrogen-bond donors (Lipinski definition) is 2. The molecule has 0 aromatic heterocycles. The van der Waals surface area contributed by atoms with Crippen LogP contribution in [0, 0.1) is 0 Å². The Hall–Kier alpha value is -3.27. The molecule has 9 heteroatoms. The van der Waals surface area contributed by atoms with Crippen molar-refractivity contribution in [1.82, 2.24) is 10.2 Å². The molecular formula is C25H29N3O5S. The molecule has 2 aromatic rings. The lowest BCUT2D eigenvalue weighted by Gasteiger charge is -2.35. The molecule has 1 heterocycles. The van der Waals surface area contributed by atoms with Crippen molar-refractivity contribution < 1.29 is 23.8 Å². The molecule has 0 saturated carbocycles. The van der Waals surface area contributed by atoms with Crippen LogP contribution in [0.25, 0.3) is 0 Å². The second-order valence-corrected chi connectivity index (χ2v) is 8.11. The van der Waals surface area contributed by atoms with Crippen LogP contribution in [0.1, 0.15) is 24.1 Å². The number of methoxy groups -OCH3 is 1. The minimum atomic E-state index is -0.523. The lowest BCUT2D eigenvalue weighted by atomic mass is 9.95. The van der Waals surface area contributed by atoms with Crippen molar-refractivity contribution in [2.75, 3.05) is 39.3 Å². The number of thiocarbonyl (C=S) groups is 1. The Morgan fingerprint density at radius 2 is 1.88 bits per heavy atom. The zero-order chi connectivity index (χ0) is 24.5. The molecule has 0 bridgehead atoms. The average molecular weight is 484 g/mol. The van der Waals surface area contributed by atoms with E-state index >= 15 is 0 Å². The van der Waals surface area contributed by atoms with Crippen molar-refractivity contribution in [1.29, 1.82) is 0 Å². The molecule has 0 fully saturated rings. The first-order valence-corrected chi connectivity index (χ1v) is 11.2. The predicted octanol–water partition coefficient (Wildman–Crippen LogP) is 3.17. The summed E-state index contributed by atoms with van der Waals surface area (Å²) in [5.74, 6) is -0.726. The minimum Gasteiger partial charge on any atom is -0.460 e. The van der Waals surface area contributed by atoms with Gasteiger partial charge in [-0.15, -0.1) is 0 Å². The number of nitrogens with one attached hydrogen (secondary N) is 2. The van der Waals surface area contributed by atoms with E-state index in [0.29, 0.717) is 35.3 Å². The van der Waals surface area contributed by atoms with Gasteiger partial charge in [0.05, 0.1) is 24.8 Å². The standard InChI is InChI=1S/C25H29N3O5S/c1-17-22(24(30)33-13-12-31-3)23(27-25(34)28(17)2)19-10-7-11-20(14-19)26-21(29)16-32-15-18-8-5-4-6-9-18/h4-11,14,23H,12-13,15-16H2,1-3H3,(H,26,29)(H,27,34)/t23-/m0/s1. The van der Waals surface area contributed by atoms with Crippen LogP contribution in [0.4, 0.5) is 5.69 Å². The Morgan fingerprint density at radius 3 is 2.62 bits per heavy atom. The molecule has 1 amide bonds. The Morgan fingerprint density at radius 1 is 1.12 bits per heavy atom. The average Bonchev–Trinajstić information content (AvgIpc) is 2.83. The predicted molar refractivity (Wildman–Crippen MR) is 133 cm³/mol. The van der Waals surface area contributed by atoms with E-state index in [1.54, 1.807) is 31.2 Å². The molecule has 0 spiro atoms. The summed E-state index contributed by atoms with van der Waals surface area (Å²) in [6.07, 6.45) is 0. The van der Waals surface area contributed by atoms with Crippen molar-refractivity contribution in [2.45, 2.75) is 19.6 Å². The highest BCUT2D eigenvalue weighted by molar-refractivity contribution is 7.80. The summed E-state index contributed by atoms with van der Waals surface area (Å²) in [5, 5.41) is 6.52. The first kappa shape index (κ1) is 25.4. The van der Waals surface area contributed by atoms with Crippen molar-refractivity contribution in [2.24, 2.45) is 0 Å². The largest absolute Gasteiger partial charge is 0.460 e. The van der Waals surface area contributed by atoms with Gasteiger partial charge in [0.2, 0.25) is 5.91 Å². The molecule has 1 aliphatic rings. The van der Waals surface area contributed by atoms with E-state index in [9.17, 15) is 9.59 Å². The van der Waals surface area contributed by atoms with Gasteiger partial charge < -0.3 is 29.7 Å². The van der Waals surface area contributed by atoms with Crippen molar-refractivity contribution in [3.63, 3.8) is 0 Å². The number of carbonyl (C=O) groups is 2. The molecule has 0 radical (unpaired) electrons. The smallest absolute Gasteiger partial charge is 0.338 e. The zero-order valence-electron chi connectivity index (χ0n) is 19.5. The van der Waals surface area contributed by atoms with Gasteiger partial charge in [0.1, 0.15) is 13.2 Å². The monoisotopic (exact) mass is 483 g/mol. The number of hydrogen-bond acceptors (Lipinski definition) is 6. The molecule has 1 aliphatic heterocycles. The minimum absolute atomic E-state index is 0.0776. The lowest BCUT2D eigenvalue weighted by molar-refractivity contribution is -0.140. The van der Waals surface area contributed by atoms with Crippen LogP contribution in [0.2, 0.25) is 0 Å². The topological polar surface area (TPSA) is 89.1 Å². The van der Waals surface area contributed by atoms with Crippen molar-refractivity contribution in [3.8, 4) is 0 Å². The summed E-state index contributed by atoms with van der Waals surface area (Å²) in [5.41, 5.74) is 3.48. The summed E-state index contributed by atoms with van der Waals surface area (Å²) in [4.78, 5) is 27.0. The molecule has 0 aliphatic carbocycles. The summed E-state index contributed by atoms with van der Waals surface area (Å²) < 4.78 is 15.9. The third-order valence-electron chi connectivity index (χ3n) is 5.34. The van der Waals surface area contributed by atoms with Gasteiger partial charge in [0, 0.05) is 25.5 Å². The molecule has 1 atom stereocenters. The van der Waals surface area contributed by atoms with Crippen LogP contribution in [-0.2, 0) is 30.4 Å². The van der Waals surface area contributed by atoms with Gasteiger partial charge in [-0.05, 0) is 42.4 Å². The van der Waals surface area contributed by atoms with E-state index in [1.807, 2.05) is 49.4 Å². The molecule has 34 heavy (non-hydrogen) atoms. The van der Waals surface area contributed by atoms with Crippen LogP contribution in [0.15, 0.2) is 65.9 Å². The summed E-state index contributed by atoms with van der Waals surface area (Å²) in [6.45, 7) is 2.54. The fourth-order valence-corrected chi connectivity index (χ4v) is 3.73. The van der Waals surface area contributed by atoms with Gasteiger partial charge in [-0.2, -0.15) is 0 Å². The summed E-state index contributed by atoms with van der Waals surface area (Å²) in [6, 6.07) is 16.4. The molecule has 8 nitrogen and oxygen atoms in total. The second-order valence-electron chi connectivity index (χ2n) is 7.72. The molecule has 0 saturated heterocycles. The maximum absolute atomic E-state index is 12.9. The number of rotatable bonds is 10. The molecule has 180 valence electrons. The first-order valence-electron chi connectivity index (χ1n) is 10.8. The highest BCUT2D eigenvalue weighted by Gasteiger charge is 2.33. The maximum Gasteiger partial charge on any atom is 0.338 e. The molecule has 2 N–H and O–H groups in total.